The molecule has 0 saturated carbocycles. The molecule has 6 nitrogen and oxygen atoms in total. The molecule has 0 spiro atoms. The molecule has 3 aromatic carbocycles. The van der Waals surface area contributed by atoms with Gasteiger partial charge in [-0.1, -0.05) is 60.7 Å². The van der Waals surface area contributed by atoms with E-state index < -0.39 is 5.97 Å². The lowest BCUT2D eigenvalue weighted by Crippen LogP contribution is -2.27. The largest absolute Gasteiger partial charge is 0.465 e. The summed E-state index contributed by atoms with van der Waals surface area (Å²) in [5.74, 6) is -0.189. The maximum absolute atomic E-state index is 13.3. The minimum Gasteiger partial charge on any atom is -0.465 e. The maximum atomic E-state index is 13.3. The van der Waals surface area contributed by atoms with E-state index in [1.165, 1.54) is 17.9 Å². The average molecular weight is 471 g/mol. The highest BCUT2D eigenvalue weighted by Gasteiger charge is 2.32. The summed E-state index contributed by atoms with van der Waals surface area (Å²) in [6, 6.07) is 24.5. The van der Waals surface area contributed by atoms with Crippen LogP contribution in [0.4, 0.5) is 0 Å². The Hall–Kier alpha value is -3.84. The third-order valence-corrected chi connectivity index (χ3v) is 7.20. The highest BCUT2D eigenvalue weighted by Crippen LogP contribution is 2.39. The molecular weight excluding hydrogens is 448 g/mol. The first kappa shape index (κ1) is 22.0. The second-order valence-corrected chi connectivity index (χ2v) is 9.09. The van der Waals surface area contributed by atoms with Gasteiger partial charge in [-0.05, 0) is 29.3 Å². The fourth-order valence-corrected chi connectivity index (χ4v) is 5.42. The number of aromatic nitrogens is 1. The second-order valence-electron chi connectivity index (χ2n) is 8.02. The molecule has 1 atom stereocenters. The van der Waals surface area contributed by atoms with Crippen molar-refractivity contribution in [1.82, 2.24) is 9.47 Å². The van der Waals surface area contributed by atoms with Crippen LogP contribution in [-0.4, -0.2) is 40.1 Å². The van der Waals surface area contributed by atoms with Gasteiger partial charge in [0, 0.05) is 23.7 Å². The van der Waals surface area contributed by atoms with E-state index in [9.17, 15) is 14.4 Å². The van der Waals surface area contributed by atoms with Gasteiger partial charge in [-0.15, -0.1) is 11.8 Å². The van der Waals surface area contributed by atoms with Gasteiger partial charge in [-0.2, -0.15) is 0 Å². The lowest BCUT2D eigenvalue weighted by molar-refractivity contribution is -0.128. The number of hydrogen-bond donors (Lipinski definition) is 0. The molecule has 1 aromatic heterocycles. The predicted octanol–water partition coefficient (Wildman–Crippen LogP) is 4.89. The van der Waals surface area contributed by atoms with E-state index in [4.69, 9.17) is 4.74 Å². The van der Waals surface area contributed by atoms with Gasteiger partial charge < -0.3 is 9.64 Å². The minimum atomic E-state index is -0.487. The lowest BCUT2D eigenvalue weighted by atomic mass is 10.1. The van der Waals surface area contributed by atoms with Gasteiger partial charge in [-0.25, -0.2) is 4.79 Å². The van der Waals surface area contributed by atoms with Crippen molar-refractivity contribution in [2.24, 2.45) is 0 Å². The first-order valence-corrected chi connectivity index (χ1v) is 11.9. The molecule has 1 aliphatic rings. The molecule has 1 aliphatic heterocycles. The second kappa shape index (κ2) is 9.19. The number of benzene rings is 3. The molecule has 4 aromatic rings. The van der Waals surface area contributed by atoms with Crippen LogP contribution in [0, 0.1) is 0 Å². The summed E-state index contributed by atoms with van der Waals surface area (Å²) in [5, 5.41) is 0.562. The first-order chi connectivity index (χ1) is 16.6. The zero-order valence-corrected chi connectivity index (χ0v) is 19.3. The summed E-state index contributed by atoms with van der Waals surface area (Å²) < 4.78 is 6.36. The van der Waals surface area contributed by atoms with Crippen molar-refractivity contribution < 1.29 is 19.1 Å². The number of rotatable bonds is 5. The number of ether oxygens (including phenoxy) is 1. The molecule has 170 valence electrons. The molecule has 2 heterocycles. The fourth-order valence-electron chi connectivity index (χ4n) is 4.23. The van der Waals surface area contributed by atoms with E-state index in [1.807, 2.05) is 59.5 Å². The molecule has 1 fully saturated rings. The molecule has 5 rings (SSSR count). The van der Waals surface area contributed by atoms with E-state index in [0.29, 0.717) is 34.3 Å². The molecule has 7 heteroatoms. The number of methoxy groups -OCH3 is 1. The Balaban J connectivity index is 1.42. The van der Waals surface area contributed by atoms with Crippen LogP contribution in [0.15, 0.2) is 85.1 Å². The molecule has 0 N–H and O–H groups in total. The Morgan fingerprint density at radius 3 is 2.41 bits per heavy atom. The van der Waals surface area contributed by atoms with Crippen molar-refractivity contribution in [3.8, 4) is 0 Å². The molecule has 0 bridgehead atoms. The van der Waals surface area contributed by atoms with Crippen molar-refractivity contribution in [3.05, 3.63) is 107 Å². The van der Waals surface area contributed by atoms with E-state index in [0.717, 1.165) is 11.1 Å². The molecule has 0 radical (unpaired) electrons. The topological polar surface area (TPSA) is 68.6 Å². The number of carbonyl (C=O) groups excluding carboxylic acids is 3. The van der Waals surface area contributed by atoms with Gasteiger partial charge in [0.1, 0.15) is 5.37 Å². The summed E-state index contributed by atoms with van der Waals surface area (Å²) in [4.78, 5) is 39.9. The fraction of sp³-hybridized carbons (Fsp3) is 0.148. The Labute approximate surface area is 201 Å². The number of esters is 1. The van der Waals surface area contributed by atoms with Crippen molar-refractivity contribution in [1.29, 1.82) is 0 Å². The number of amides is 1. The van der Waals surface area contributed by atoms with Crippen LogP contribution < -0.4 is 0 Å². The highest BCUT2D eigenvalue weighted by molar-refractivity contribution is 8.00. The number of carbonyl (C=O) groups is 3. The van der Waals surface area contributed by atoms with Crippen LogP contribution in [0.1, 0.15) is 37.2 Å². The van der Waals surface area contributed by atoms with Crippen molar-refractivity contribution in [2.45, 2.75) is 11.9 Å². The SMILES string of the molecule is COC(=O)c1cn(C(=O)c2ccc([C@@H]3SCC(=O)N3Cc3ccccc3)cc2)c2ccccc12. The summed E-state index contributed by atoms with van der Waals surface area (Å²) >= 11 is 1.59. The monoisotopic (exact) mass is 470 g/mol. The number of hydrogen-bond acceptors (Lipinski definition) is 5. The van der Waals surface area contributed by atoms with Crippen molar-refractivity contribution >= 4 is 40.4 Å². The predicted molar refractivity (Wildman–Crippen MR) is 132 cm³/mol. The maximum Gasteiger partial charge on any atom is 0.340 e. The average Bonchev–Trinajstić information content (AvgIpc) is 3.45. The Kier molecular flexibility index (Phi) is 5.94. The zero-order chi connectivity index (χ0) is 23.7. The lowest BCUT2D eigenvalue weighted by Gasteiger charge is -2.24. The van der Waals surface area contributed by atoms with Gasteiger partial charge in [0.25, 0.3) is 5.91 Å². The Bertz CT molecular complexity index is 1380. The minimum absolute atomic E-state index is 0.102. The van der Waals surface area contributed by atoms with Crippen molar-refractivity contribution in [2.75, 3.05) is 12.9 Å². The number of para-hydroxylation sites is 1. The normalized spacial score (nSPS) is 15.6. The van der Waals surface area contributed by atoms with Crippen LogP contribution in [0.3, 0.4) is 0 Å². The van der Waals surface area contributed by atoms with Gasteiger partial charge in [0.05, 0.1) is 23.9 Å². The molecule has 1 amide bonds. The number of thioether (sulfide) groups is 1. The van der Waals surface area contributed by atoms with Crippen LogP contribution >= 0.6 is 11.8 Å². The van der Waals surface area contributed by atoms with Crippen LogP contribution in [0.5, 0.6) is 0 Å². The van der Waals surface area contributed by atoms with Crippen LogP contribution in [0.25, 0.3) is 10.9 Å². The van der Waals surface area contributed by atoms with E-state index >= 15 is 0 Å². The number of nitrogens with zero attached hydrogens (tertiary/aromatic N) is 2. The standard InChI is InChI=1S/C27H22N2O4S/c1-33-27(32)22-16-28(23-10-6-5-9-21(22)23)25(31)19-11-13-20(14-12-19)26-29(24(30)17-34-26)15-18-7-3-2-4-8-18/h2-14,16,26H,15,17H2,1H3/t26-/m0/s1. The quantitative estimate of drug-likeness (QED) is 0.389. The molecule has 1 saturated heterocycles. The summed E-state index contributed by atoms with van der Waals surface area (Å²) in [7, 11) is 1.32. The summed E-state index contributed by atoms with van der Waals surface area (Å²) in [6.45, 7) is 0.545. The van der Waals surface area contributed by atoms with E-state index in [-0.39, 0.29) is 17.2 Å². The summed E-state index contributed by atoms with van der Waals surface area (Å²) in [6.07, 6.45) is 1.53. The van der Waals surface area contributed by atoms with Gasteiger partial charge in [0.2, 0.25) is 5.91 Å². The third kappa shape index (κ3) is 3.99. The zero-order valence-electron chi connectivity index (χ0n) is 18.5. The molecule has 0 unspecified atom stereocenters. The number of fused-ring (bicyclic) bond motifs is 1. The molecule has 0 aliphatic carbocycles. The van der Waals surface area contributed by atoms with E-state index in [2.05, 4.69) is 0 Å². The smallest absolute Gasteiger partial charge is 0.340 e. The first-order valence-electron chi connectivity index (χ1n) is 10.8. The Morgan fingerprint density at radius 1 is 0.971 bits per heavy atom. The van der Waals surface area contributed by atoms with Gasteiger partial charge >= 0.3 is 5.97 Å². The molecule has 34 heavy (non-hydrogen) atoms. The van der Waals surface area contributed by atoms with Crippen LogP contribution in [0.2, 0.25) is 0 Å². The highest BCUT2D eigenvalue weighted by atomic mass is 32.2. The molecular formula is C27H22N2O4S. The van der Waals surface area contributed by atoms with Gasteiger partial charge in [0.15, 0.2) is 0 Å². The van der Waals surface area contributed by atoms with Crippen molar-refractivity contribution in [3.63, 3.8) is 0 Å². The third-order valence-electron chi connectivity index (χ3n) is 5.94. The van der Waals surface area contributed by atoms with Crippen LogP contribution in [-0.2, 0) is 16.1 Å². The van der Waals surface area contributed by atoms with Gasteiger partial charge in [-0.3, -0.25) is 14.2 Å². The summed E-state index contributed by atoms with van der Waals surface area (Å²) in [5.41, 5.74) is 3.53. The Morgan fingerprint density at radius 2 is 1.68 bits per heavy atom. The van der Waals surface area contributed by atoms with E-state index in [1.54, 1.807) is 36.0 Å².